The number of guanidine groups is 1. The van der Waals surface area contributed by atoms with E-state index in [1.165, 1.54) is 0 Å². The number of ether oxygens (including phenoxy) is 2. The monoisotopic (exact) mass is 372 g/mol. The molecule has 0 radical (unpaired) electrons. The predicted octanol–water partition coefficient (Wildman–Crippen LogP) is 3.14. The Hall–Kier alpha value is -2.41. The van der Waals surface area contributed by atoms with Crippen molar-refractivity contribution in [2.24, 2.45) is 10.7 Å². The number of nitrogens with two attached hydrogens (primary N) is 1. The Bertz CT molecular complexity index is 731. The van der Waals surface area contributed by atoms with Gasteiger partial charge in [0.05, 0.1) is 13.2 Å². The molecule has 2 N–H and O–H groups in total. The quantitative estimate of drug-likeness (QED) is 0.620. The molecule has 1 aliphatic heterocycles. The summed E-state index contributed by atoms with van der Waals surface area (Å²) in [5.41, 5.74) is 7.11. The molecule has 6 nitrogen and oxygen atoms in total. The largest absolute Gasteiger partial charge is 0.494 e. The highest BCUT2D eigenvalue weighted by Gasteiger charge is 2.12. The van der Waals surface area contributed by atoms with Crippen LogP contribution >= 0.6 is 11.8 Å². The molecular weight excluding hydrogens is 348 g/mol. The molecule has 1 aromatic carbocycles. The topological polar surface area (TPSA) is 73.0 Å². The first kappa shape index (κ1) is 18.4. The summed E-state index contributed by atoms with van der Waals surface area (Å²) in [4.78, 5) is 10.9. The van der Waals surface area contributed by atoms with Crippen LogP contribution in [0.4, 0.5) is 0 Å². The molecule has 0 atom stereocenters. The molecule has 3 rings (SSSR count). The number of aromatic nitrogens is 1. The van der Waals surface area contributed by atoms with Crippen molar-refractivity contribution in [3.8, 4) is 17.4 Å². The van der Waals surface area contributed by atoms with Crippen LogP contribution in [0.2, 0.25) is 0 Å². The maximum atomic E-state index is 6.10. The van der Waals surface area contributed by atoms with E-state index in [-0.39, 0.29) is 0 Å². The van der Waals surface area contributed by atoms with E-state index in [0.717, 1.165) is 35.9 Å². The van der Waals surface area contributed by atoms with Gasteiger partial charge in [-0.05, 0) is 42.8 Å². The molecule has 0 unspecified atom stereocenters. The Morgan fingerprint density at radius 3 is 2.65 bits per heavy atom. The maximum absolute atomic E-state index is 6.10. The minimum absolute atomic E-state index is 0.512. The Balaban J connectivity index is 1.60. The van der Waals surface area contributed by atoms with Gasteiger partial charge in [-0.2, -0.15) is 11.8 Å². The van der Waals surface area contributed by atoms with Crippen LogP contribution < -0.4 is 15.2 Å². The minimum Gasteiger partial charge on any atom is -0.494 e. The molecule has 7 heteroatoms. The van der Waals surface area contributed by atoms with Gasteiger partial charge < -0.3 is 20.1 Å². The van der Waals surface area contributed by atoms with Crippen molar-refractivity contribution in [2.45, 2.75) is 13.5 Å². The summed E-state index contributed by atoms with van der Waals surface area (Å²) in [5, 5.41) is 0. The predicted molar refractivity (Wildman–Crippen MR) is 106 cm³/mol. The fraction of sp³-hybridized carbons (Fsp3) is 0.368. The number of aliphatic imine (C=N–C) groups is 1. The summed E-state index contributed by atoms with van der Waals surface area (Å²) in [6.07, 6.45) is 1.72. The molecule has 26 heavy (non-hydrogen) atoms. The number of nitrogens with zero attached hydrogens (tertiary/aromatic N) is 3. The molecule has 0 amide bonds. The Kier molecular flexibility index (Phi) is 6.60. The van der Waals surface area contributed by atoms with Gasteiger partial charge in [-0.1, -0.05) is 0 Å². The maximum Gasteiger partial charge on any atom is 0.219 e. The molecule has 1 aromatic heterocycles. The van der Waals surface area contributed by atoms with Gasteiger partial charge in [0.15, 0.2) is 5.96 Å². The summed E-state index contributed by atoms with van der Waals surface area (Å²) in [6.45, 7) is 5.03. The van der Waals surface area contributed by atoms with Gasteiger partial charge in [0.1, 0.15) is 11.5 Å². The lowest BCUT2D eigenvalue weighted by Crippen LogP contribution is -2.42. The molecule has 1 fully saturated rings. The smallest absolute Gasteiger partial charge is 0.219 e. The third-order valence-electron chi connectivity index (χ3n) is 3.92. The van der Waals surface area contributed by atoms with Gasteiger partial charge in [-0.3, -0.25) is 0 Å². The lowest BCUT2D eigenvalue weighted by molar-refractivity contribution is 0.339. The zero-order valence-electron chi connectivity index (χ0n) is 14.9. The number of thioether (sulfide) groups is 1. The molecule has 0 saturated carbocycles. The highest BCUT2D eigenvalue weighted by molar-refractivity contribution is 7.99. The van der Waals surface area contributed by atoms with Gasteiger partial charge in [0.25, 0.3) is 0 Å². The SMILES string of the molecule is CCOc1ccc(Oc2cc(CN=C(N)N3CCSCC3)ccn2)cc1. The average Bonchev–Trinajstić information content (AvgIpc) is 2.69. The Morgan fingerprint density at radius 1 is 1.19 bits per heavy atom. The highest BCUT2D eigenvalue weighted by Crippen LogP contribution is 2.23. The molecule has 2 heterocycles. The first-order valence-electron chi connectivity index (χ1n) is 8.73. The van der Waals surface area contributed by atoms with Crippen molar-refractivity contribution in [3.63, 3.8) is 0 Å². The van der Waals surface area contributed by atoms with Crippen LogP contribution in [0.3, 0.4) is 0 Å². The van der Waals surface area contributed by atoms with Crippen LogP contribution in [0.25, 0.3) is 0 Å². The number of rotatable bonds is 6. The highest BCUT2D eigenvalue weighted by atomic mass is 32.2. The van der Waals surface area contributed by atoms with Gasteiger partial charge in [0.2, 0.25) is 5.88 Å². The van der Waals surface area contributed by atoms with E-state index in [2.05, 4.69) is 14.9 Å². The van der Waals surface area contributed by atoms with Gasteiger partial charge in [-0.25, -0.2) is 9.98 Å². The lowest BCUT2D eigenvalue weighted by atomic mass is 10.2. The third kappa shape index (κ3) is 5.29. The molecular formula is C19H24N4O2S. The van der Waals surface area contributed by atoms with E-state index >= 15 is 0 Å². The average molecular weight is 372 g/mol. The first-order chi connectivity index (χ1) is 12.7. The second kappa shape index (κ2) is 9.33. The van der Waals surface area contributed by atoms with E-state index in [4.69, 9.17) is 15.2 Å². The molecule has 0 aliphatic carbocycles. The number of pyridine rings is 1. The van der Waals surface area contributed by atoms with Crippen molar-refractivity contribution in [1.82, 2.24) is 9.88 Å². The fourth-order valence-corrected chi connectivity index (χ4v) is 3.46. The lowest BCUT2D eigenvalue weighted by Gasteiger charge is -2.27. The Labute approximate surface area is 158 Å². The zero-order valence-corrected chi connectivity index (χ0v) is 15.7. The van der Waals surface area contributed by atoms with E-state index in [9.17, 15) is 0 Å². The Morgan fingerprint density at radius 2 is 1.92 bits per heavy atom. The van der Waals surface area contributed by atoms with Crippen LogP contribution in [-0.2, 0) is 6.54 Å². The minimum atomic E-state index is 0.512. The summed E-state index contributed by atoms with van der Waals surface area (Å²) in [7, 11) is 0. The van der Waals surface area contributed by atoms with Gasteiger partial charge in [-0.15, -0.1) is 0 Å². The molecule has 138 valence electrons. The zero-order chi connectivity index (χ0) is 18.2. The van der Waals surface area contributed by atoms with Gasteiger partial charge in [0, 0.05) is 36.9 Å². The second-order valence-corrected chi connectivity index (χ2v) is 7.01. The van der Waals surface area contributed by atoms with Crippen molar-refractivity contribution in [3.05, 3.63) is 48.2 Å². The molecule has 1 saturated heterocycles. The van der Waals surface area contributed by atoms with E-state index in [0.29, 0.717) is 30.7 Å². The summed E-state index contributed by atoms with van der Waals surface area (Å²) in [6, 6.07) is 11.3. The number of hydrogen-bond acceptors (Lipinski definition) is 5. The van der Waals surface area contributed by atoms with E-state index < -0.39 is 0 Å². The number of benzene rings is 1. The second-order valence-electron chi connectivity index (χ2n) is 5.78. The fourth-order valence-electron chi connectivity index (χ4n) is 2.56. The standard InChI is InChI=1S/C19H24N4O2S/c1-2-24-16-3-5-17(6-4-16)25-18-13-15(7-8-21-18)14-22-19(20)23-9-11-26-12-10-23/h3-8,13H,2,9-12,14H2,1H3,(H2,20,22). The molecule has 1 aliphatic rings. The molecule has 0 bridgehead atoms. The van der Waals surface area contributed by atoms with E-state index in [1.54, 1.807) is 6.20 Å². The molecule has 2 aromatic rings. The van der Waals surface area contributed by atoms with Gasteiger partial charge >= 0.3 is 0 Å². The van der Waals surface area contributed by atoms with Crippen LogP contribution in [0.15, 0.2) is 47.6 Å². The van der Waals surface area contributed by atoms with Crippen molar-refractivity contribution < 1.29 is 9.47 Å². The summed E-state index contributed by atoms with van der Waals surface area (Å²) >= 11 is 1.95. The van der Waals surface area contributed by atoms with E-state index in [1.807, 2.05) is 55.1 Å². The summed E-state index contributed by atoms with van der Waals surface area (Å²) in [5.74, 6) is 4.89. The normalized spacial score (nSPS) is 15.0. The van der Waals surface area contributed by atoms with Crippen molar-refractivity contribution in [2.75, 3.05) is 31.2 Å². The first-order valence-corrected chi connectivity index (χ1v) is 9.88. The van der Waals surface area contributed by atoms with Crippen LogP contribution in [0.1, 0.15) is 12.5 Å². The molecule has 0 spiro atoms. The van der Waals surface area contributed by atoms with Crippen LogP contribution in [0, 0.1) is 0 Å². The van der Waals surface area contributed by atoms with Crippen LogP contribution in [0.5, 0.6) is 17.4 Å². The van der Waals surface area contributed by atoms with Crippen molar-refractivity contribution >= 4 is 17.7 Å². The van der Waals surface area contributed by atoms with Crippen LogP contribution in [-0.4, -0.2) is 47.0 Å². The third-order valence-corrected chi connectivity index (χ3v) is 4.86. The van der Waals surface area contributed by atoms with Crippen molar-refractivity contribution in [1.29, 1.82) is 0 Å². The number of hydrogen-bond donors (Lipinski definition) is 1. The summed E-state index contributed by atoms with van der Waals surface area (Å²) < 4.78 is 11.2.